The van der Waals surface area contributed by atoms with Crippen molar-refractivity contribution in [3.8, 4) is 0 Å². The SMILES string of the molecule is Cc1cccc(NC(=O)c2ccc(NC(=O)Nc3ccccc3)cc2)c1. The second-order valence-electron chi connectivity index (χ2n) is 5.85. The van der Waals surface area contributed by atoms with Crippen LogP contribution in [0.15, 0.2) is 78.9 Å². The van der Waals surface area contributed by atoms with E-state index < -0.39 is 0 Å². The zero-order chi connectivity index (χ0) is 18.4. The molecular weight excluding hydrogens is 326 g/mol. The summed E-state index contributed by atoms with van der Waals surface area (Å²) in [5, 5.41) is 8.32. The van der Waals surface area contributed by atoms with Crippen molar-refractivity contribution in [2.75, 3.05) is 16.0 Å². The average Bonchev–Trinajstić information content (AvgIpc) is 2.63. The highest BCUT2D eigenvalue weighted by atomic mass is 16.2. The third-order valence-electron chi connectivity index (χ3n) is 3.71. The highest BCUT2D eigenvalue weighted by molar-refractivity contribution is 6.05. The van der Waals surface area contributed by atoms with E-state index in [1.54, 1.807) is 36.4 Å². The number of amides is 3. The van der Waals surface area contributed by atoms with Gasteiger partial charge in [0.2, 0.25) is 0 Å². The highest BCUT2D eigenvalue weighted by Crippen LogP contribution is 2.14. The third kappa shape index (κ3) is 4.70. The van der Waals surface area contributed by atoms with E-state index in [2.05, 4.69) is 16.0 Å². The summed E-state index contributed by atoms with van der Waals surface area (Å²) >= 11 is 0. The first-order chi connectivity index (χ1) is 12.6. The zero-order valence-electron chi connectivity index (χ0n) is 14.3. The number of aryl methyl sites for hydroxylation is 1. The number of hydrogen-bond donors (Lipinski definition) is 3. The monoisotopic (exact) mass is 345 g/mol. The number of benzene rings is 3. The van der Waals surface area contributed by atoms with Crippen molar-refractivity contribution in [2.45, 2.75) is 6.92 Å². The van der Waals surface area contributed by atoms with Crippen molar-refractivity contribution in [3.63, 3.8) is 0 Å². The van der Waals surface area contributed by atoms with Crippen LogP contribution < -0.4 is 16.0 Å². The molecule has 0 heterocycles. The Labute approximate surface area is 152 Å². The van der Waals surface area contributed by atoms with Gasteiger partial charge >= 0.3 is 6.03 Å². The molecule has 5 nitrogen and oxygen atoms in total. The van der Waals surface area contributed by atoms with Gasteiger partial charge in [0.1, 0.15) is 0 Å². The molecule has 0 aliphatic carbocycles. The Bertz CT molecular complexity index is 906. The molecule has 3 rings (SSSR count). The molecule has 0 aliphatic rings. The Balaban J connectivity index is 1.59. The Morgan fingerprint density at radius 3 is 1.92 bits per heavy atom. The van der Waals surface area contributed by atoms with E-state index in [0.29, 0.717) is 16.9 Å². The fraction of sp³-hybridized carbons (Fsp3) is 0.0476. The van der Waals surface area contributed by atoms with Crippen molar-refractivity contribution in [2.24, 2.45) is 0 Å². The van der Waals surface area contributed by atoms with E-state index in [1.165, 1.54) is 0 Å². The Hall–Kier alpha value is -3.60. The molecule has 0 bridgehead atoms. The van der Waals surface area contributed by atoms with Crippen LogP contribution in [0.1, 0.15) is 15.9 Å². The minimum absolute atomic E-state index is 0.198. The van der Waals surface area contributed by atoms with Gasteiger partial charge in [0.05, 0.1) is 0 Å². The maximum absolute atomic E-state index is 12.3. The van der Waals surface area contributed by atoms with Crippen LogP contribution in [0.2, 0.25) is 0 Å². The molecule has 3 aromatic carbocycles. The number of nitrogens with one attached hydrogen (secondary N) is 3. The quantitative estimate of drug-likeness (QED) is 0.630. The molecule has 0 spiro atoms. The van der Waals surface area contributed by atoms with Crippen LogP contribution in [0.4, 0.5) is 21.9 Å². The normalized spacial score (nSPS) is 10.0. The number of urea groups is 1. The Morgan fingerprint density at radius 2 is 1.27 bits per heavy atom. The first-order valence-corrected chi connectivity index (χ1v) is 8.21. The molecule has 26 heavy (non-hydrogen) atoms. The van der Waals surface area contributed by atoms with E-state index in [9.17, 15) is 9.59 Å². The predicted octanol–water partition coefficient (Wildman–Crippen LogP) is 4.89. The Morgan fingerprint density at radius 1 is 0.654 bits per heavy atom. The van der Waals surface area contributed by atoms with Crippen molar-refractivity contribution < 1.29 is 9.59 Å². The summed E-state index contributed by atoms with van der Waals surface area (Å²) in [7, 11) is 0. The largest absolute Gasteiger partial charge is 0.323 e. The van der Waals surface area contributed by atoms with Crippen LogP contribution in [0.5, 0.6) is 0 Å². The molecule has 0 saturated carbocycles. The van der Waals surface area contributed by atoms with Crippen LogP contribution in [-0.4, -0.2) is 11.9 Å². The molecule has 5 heteroatoms. The number of carbonyl (C=O) groups is 2. The van der Waals surface area contributed by atoms with Crippen LogP contribution in [0, 0.1) is 6.92 Å². The second kappa shape index (κ2) is 7.98. The van der Waals surface area contributed by atoms with Gasteiger partial charge in [-0.05, 0) is 61.0 Å². The summed E-state index contributed by atoms with van der Waals surface area (Å²) in [5.41, 5.74) is 3.65. The smallest absolute Gasteiger partial charge is 0.322 e. The number of anilines is 3. The summed E-state index contributed by atoms with van der Waals surface area (Å²) in [6.45, 7) is 1.97. The van der Waals surface area contributed by atoms with Gasteiger partial charge in [0.15, 0.2) is 0 Å². The third-order valence-corrected chi connectivity index (χ3v) is 3.71. The average molecular weight is 345 g/mol. The van der Waals surface area contributed by atoms with Crippen molar-refractivity contribution >= 4 is 29.0 Å². The molecule has 0 aromatic heterocycles. The predicted molar refractivity (Wildman–Crippen MR) is 105 cm³/mol. The number of para-hydroxylation sites is 1. The highest BCUT2D eigenvalue weighted by Gasteiger charge is 2.07. The molecule has 0 fully saturated rings. The first kappa shape index (κ1) is 17.2. The van der Waals surface area contributed by atoms with Gasteiger partial charge in [-0.25, -0.2) is 4.79 Å². The van der Waals surface area contributed by atoms with Crippen LogP contribution >= 0.6 is 0 Å². The fourth-order valence-corrected chi connectivity index (χ4v) is 2.45. The lowest BCUT2D eigenvalue weighted by atomic mass is 10.1. The number of rotatable bonds is 4. The van der Waals surface area contributed by atoms with Gasteiger partial charge < -0.3 is 16.0 Å². The van der Waals surface area contributed by atoms with Gasteiger partial charge in [-0.15, -0.1) is 0 Å². The lowest BCUT2D eigenvalue weighted by Gasteiger charge is -2.09. The van der Waals surface area contributed by atoms with E-state index in [0.717, 1.165) is 11.3 Å². The van der Waals surface area contributed by atoms with Crippen molar-refractivity contribution in [1.29, 1.82) is 0 Å². The summed E-state index contributed by atoms with van der Waals surface area (Å²) in [6.07, 6.45) is 0. The molecule has 3 N–H and O–H groups in total. The van der Waals surface area contributed by atoms with Gasteiger partial charge in [-0.3, -0.25) is 4.79 Å². The molecule has 0 aliphatic heterocycles. The van der Waals surface area contributed by atoms with E-state index >= 15 is 0 Å². The minimum atomic E-state index is -0.340. The molecular formula is C21H19N3O2. The van der Waals surface area contributed by atoms with E-state index in [4.69, 9.17) is 0 Å². The lowest BCUT2D eigenvalue weighted by molar-refractivity contribution is 0.102. The van der Waals surface area contributed by atoms with Gasteiger partial charge in [0.25, 0.3) is 5.91 Å². The van der Waals surface area contributed by atoms with Crippen LogP contribution in [0.25, 0.3) is 0 Å². The topological polar surface area (TPSA) is 70.2 Å². The standard InChI is InChI=1S/C21H19N3O2/c1-15-6-5-9-19(14-15)22-20(25)16-10-12-18(13-11-16)24-21(26)23-17-7-3-2-4-8-17/h2-14H,1H3,(H,22,25)(H2,23,24,26). The second-order valence-corrected chi connectivity index (χ2v) is 5.85. The summed E-state index contributed by atoms with van der Waals surface area (Å²) in [4.78, 5) is 24.3. The van der Waals surface area contributed by atoms with Gasteiger partial charge in [0, 0.05) is 22.6 Å². The molecule has 0 saturated heterocycles. The summed E-state index contributed by atoms with van der Waals surface area (Å²) in [6, 6.07) is 23.2. The maximum atomic E-state index is 12.3. The van der Waals surface area contributed by atoms with E-state index in [1.807, 2.05) is 49.4 Å². The fourth-order valence-electron chi connectivity index (χ4n) is 2.45. The molecule has 0 unspecified atom stereocenters. The van der Waals surface area contributed by atoms with Gasteiger partial charge in [-0.2, -0.15) is 0 Å². The maximum Gasteiger partial charge on any atom is 0.323 e. The van der Waals surface area contributed by atoms with Crippen molar-refractivity contribution in [1.82, 2.24) is 0 Å². The zero-order valence-corrected chi connectivity index (χ0v) is 14.3. The lowest BCUT2D eigenvalue weighted by Crippen LogP contribution is -2.19. The number of hydrogen-bond acceptors (Lipinski definition) is 2. The minimum Gasteiger partial charge on any atom is -0.322 e. The summed E-state index contributed by atoms with van der Waals surface area (Å²) < 4.78 is 0. The molecule has 0 radical (unpaired) electrons. The molecule has 3 amide bonds. The number of carbonyl (C=O) groups excluding carboxylic acids is 2. The van der Waals surface area contributed by atoms with Crippen LogP contribution in [-0.2, 0) is 0 Å². The first-order valence-electron chi connectivity index (χ1n) is 8.21. The Kier molecular flexibility index (Phi) is 5.29. The molecule has 130 valence electrons. The van der Waals surface area contributed by atoms with Crippen molar-refractivity contribution in [3.05, 3.63) is 90.0 Å². The summed E-state index contributed by atoms with van der Waals surface area (Å²) in [5.74, 6) is -0.198. The van der Waals surface area contributed by atoms with Crippen LogP contribution in [0.3, 0.4) is 0 Å². The van der Waals surface area contributed by atoms with Gasteiger partial charge in [-0.1, -0.05) is 30.3 Å². The molecule has 0 atom stereocenters. The van der Waals surface area contributed by atoms with E-state index in [-0.39, 0.29) is 11.9 Å². The molecule has 3 aromatic rings.